The first-order valence-electron chi connectivity index (χ1n) is 7.50. The van der Waals surface area contributed by atoms with Gasteiger partial charge in [-0.05, 0) is 31.4 Å². The van der Waals surface area contributed by atoms with E-state index in [1.165, 1.54) is 18.2 Å². The Bertz CT molecular complexity index is 562. The van der Waals surface area contributed by atoms with Gasteiger partial charge in [-0.3, -0.25) is 0 Å². The highest BCUT2D eigenvalue weighted by Crippen LogP contribution is 2.41. The Kier molecular flexibility index (Phi) is 3.61. The van der Waals surface area contributed by atoms with E-state index in [-0.39, 0.29) is 17.2 Å². The van der Waals surface area contributed by atoms with E-state index in [1.807, 2.05) is 0 Å². The summed E-state index contributed by atoms with van der Waals surface area (Å²) in [6.45, 7) is 1.02. The molecule has 1 aliphatic heterocycles. The number of nitrogens with zero attached hydrogens (tertiary/aromatic N) is 1. The lowest BCUT2D eigenvalue weighted by Crippen LogP contribution is -2.53. The van der Waals surface area contributed by atoms with Crippen LogP contribution in [0.3, 0.4) is 0 Å². The molecule has 4 nitrogen and oxygen atoms in total. The van der Waals surface area contributed by atoms with Crippen LogP contribution in [0.2, 0.25) is 0 Å². The van der Waals surface area contributed by atoms with Crippen molar-refractivity contribution in [2.24, 2.45) is 5.92 Å². The van der Waals surface area contributed by atoms with Gasteiger partial charge in [0, 0.05) is 19.0 Å². The average Bonchev–Trinajstić information content (AvgIpc) is 2.46. The number of para-hydroxylation sites is 1. The Labute approximate surface area is 123 Å². The highest BCUT2D eigenvalue weighted by molar-refractivity contribution is 5.94. The number of piperidine rings is 1. The van der Waals surface area contributed by atoms with Crippen molar-refractivity contribution < 1.29 is 19.4 Å². The lowest BCUT2D eigenvalue weighted by atomic mass is 9.71. The Morgan fingerprint density at radius 1 is 1.33 bits per heavy atom. The van der Waals surface area contributed by atoms with Crippen LogP contribution in [0.4, 0.5) is 10.1 Å². The molecule has 2 atom stereocenters. The number of halogens is 1. The molecule has 0 spiro atoms. The highest BCUT2D eigenvalue weighted by atomic mass is 19.1. The fraction of sp³-hybridized carbons (Fsp3) is 0.562. The molecule has 1 heterocycles. The molecule has 2 fully saturated rings. The van der Waals surface area contributed by atoms with Crippen molar-refractivity contribution in [2.45, 2.75) is 37.7 Å². The molecule has 2 aliphatic rings. The van der Waals surface area contributed by atoms with Crippen molar-refractivity contribution >= 4 is 11.7 Å². The van der Waals surface area contributed by atoms with Crippen LogP contribution in [0.1, 0.15) is 42.5 Å². The standard InChI is InChI=1S/C16H20FNO3/c17-13-6-3-5-12(15(19)20)14(13)18-9-8-16(21)7-2-1-4-11(16)10-18/h3,5-6,11,21H,1-2,4,7-10H2,(H,19,20). The van der Waals surface area contributed by atoms with E-state index in [4.69, 9.17) is 0 Å². The topological polar surface area (TPSA) is 60.8 Å². The number of hydrogen-bond donors (Lipinski definition) is 2. The summed E-state index contributed by atoms with van der Waals surface area (Å²) in [6, 6.07) is 4.15. The number of hydrogen-bond acceptors (Lipinski definition) is 3. The maximum absolute atomic E-state index is 14.1. The van der Waals surface area contributed by atoms with Gasteiger partial charge in [-0.1, -0.05) is 18.9 Å². The van der Waals surface area contributed by atoms with Gasteiger partial charge in [-0.15, -0.1) is 0 Å². The molecule has 1 aromatic carbocycles. The van der Waals surface area contributed by atoms with Crippen molar-refractivity contribution in [3.63, 3.8) is 0 Å². The molecule has 2 unspecified atom stereocenters. The molecule has 21 heavy (non-hydrogen) atoms. The van der Waals surface area contributed by atoms with Gasteiger partial charge in [0.2, 0.25) is 0 Å². The number of aromatic carboxylic acids is 1. The maximum Gasteiger partial charge on any atom is 0.337 e. The van der Waals surface area contributed by atoms with Gasteiger partial charge in [0.25, 0.3) is 0 Å². The van der Waals surface area contributed by atoms with Gasteiger partial charge < -0.3 is 15.1 Å². The summed E-state index contributed by atoms with van der Waals surface area (Å²) in [5.74, 6) is -1.52. The zero-order chi connectivity index (χ0) is 15.0. The number of anilines is 1. The minimum Gasteiger partial charge on any atom is -0.478 e. The van der Waals surface area contributed by atoms with E-state index in [0.29, 0.717) is 19.5 Å². The Morgan fingerprint density at radius 3 is 2.90 bits per heavy atom. The van der Waals surface area contributed by atoms with Crippen LogP contribution >= 0.6 is 0 Å². The third kappa shape index (κ3) is 2.50. The van der Waals surface area contributed by atoms with Crippen molar-refractivity contribution in [3.8, 4) is 0 Å². The molecule has 3 rings (SSSR count). The third-order valence-corrected chi connectivity index (χ3v) is 4.96. The van der Waals surface area contributed by atoms with Gasteiger partial charge >= 0.3 is 5.97 Å². The van der Waals surface area contributed by atoms with Crippen molar-refractivity contribution in [1.29, 1.82) is 0 Å². The molecule has 1 aromatic rings. The molecule has 1 saturated carbocycles. The number of aliphatic hydroxyl groups is 1. The number of fused-ring (bicyclic) bond motifs is 1. The predicted octanol–water partition coefficient (Wildman–Crippen LogP) is 2.66. The molecule has 114 valence electrons. The van der Waals surface area contributed by atoms with Crippen LogP contribution in [0.25, 0.3) is 0 Å². The molecule has 0 bridgehead atoms. The molecular weight excluding hydrogens is 273 g/mol. The molecule has 5 heteroatoms. The Balaban J connectivity index is 1.91. The first-order valence-corrected chi connectivity index (χ1v) is 7.50. The zero-order valence-corrected chi connectivity index (χ0v) is 11.9. The largest absolute Gasteiger partial charge is 0.478 e. The minimum atomic E-state index is -1.12. The maximum atomic E-state index is 14.1. The van der Waals surface area contributed by atoms with Crippen LogP contribution in [0, 0.1) is 11.7 Å². The molecule has 0 aromatic heterocycles. The first-order chi connectivity index (χ1) is 10.0. The molecular formula is C16H20FNO3. The Hall–Kier alpha value is -1.62. The molecule has 0 radical (unpaired) electrons. The fourth-order valence-corrected chi connectivity index (χ4v) is 3.78. The average molecular weight is 293 g/mol. The number of carboxylic acids is 1. The van der Waals surface area contributed by atoms with E-state index < -0.39 is 17.4 Å². The van der Waals surface area contributed by atoms with Crippen molar-refractivity contribution in [2.75, 3.05) is 18.0 Å². The van der Waals surface area contributed by atoms with Crippen LogP contribution in [-0.4, -0.2) is 34.9 Å². The van der Waals surface area contributed by atoms with E-state index >= 15 is 0 Å². The van der Waals surface area contributed by atoms with Crippen LogP contribution in [0.15, 0.2) is 18.2 Å². The van der Waals surface area contributed by atoms with Crippen molar-refractivity contribution in [1.82, 2.24) is 0 Å². The van der Waals surface area contributed by atoms with Gasteiger partial charge in [-0.2, -0.15) is 0 Å². The first kappa shape index (κ1) is 14.3. The number of carboxylic acid groups (broad SMARTS) is 1. The third-order valence-electron chi connectivity index (χ3n) is 4.96. The second-order valence-corrected chi connectivity index (χ2v) is 6.18. The van der Waals surface area contributed by atoms with Crippen LogP contribution in [-0.2, 0) is 0 Å². The summed E-state index contributed by atoms with van der Waals surface area (Å²) < 4.78 is 14.1. The summed E-state index contributed by atoms with van der Waals surface area (Å²) in [4.78, 5) is 13.1. The monoisotopic (exact) mass is 293 g/mol. The normalized spacial score (nSPS) is 29.0. The highest BCUT2D eigenvalue weighted by Gasteiger charge is 2.43. The summed E-state index contributed by atoms with van der Waals surface area (Å²) >= 11 is 0. The number of carbonyl (C=O) groups is 1. The van der Waals surface area contributed by atoms with E-state index in [1.54, 1.807) is 4.90 Å². The lowest BCUT2D eigenvalue weighted by molar-refractivity contribution is -0.0613. The number of benzene rings is 1. The van der Waals surface area contributed by atoms with E-state index in [9.17, 15) is 19.4 Å². The number of rotatable bonds is 2. The summed E-state index contributed by atoms with van der Waals surface area (Å²) in [7, 11) is 0. The predicted molar refractivity (Wildman–Crippen MR) is 77.1 cm³/mol. The smallest absolute Gasteiger partial charge is 0.337 e. The minimum absolute atomic E-state index is 0.00347. The molecule has 1 saturated heterocycles. The summed E-state index contributed by atoms with van der Waals surface area (Å²) in [5.41, 5.74) is -0.488. The van der Waals surface area contributed by atoms with E-state index in [2.05, 4.69) is 0 Å². The van der Waals surface area contributed by atoms with Gasteiger partial charge in [0.1, 0.15) is 5.82 Å². The quantitative estimate of drug-likeness (QED) is 0.880. The summed E-state index contributed by atoms with van der Waals surface area (Å²) in [5, 5.41) is 19.9. The Morgan fingerprint density at radius 2 is 2.14 bits per heavy atom. The zero-order valence-electron chi connectivity index (χ0n) is 11.9. The second-order valence-electron chi connectivity index (χ2n) is 6.18. The SMILES string of the molecule is O=C(O)c1cccc(F)c1N1CCC2(O)CCCCC2C1. The van der Waals surface area contributed by atoms with Gasteiger partial charge in [-0.25, -0.2) is 9.18 Å². The second kappa shape index (κ2) is 5.30. The van der Waals surface area contributed by atoms with E-state index in [0.717, 1.165) is 25.7 Å². The fourth-order valence-electron chi connectivity index (χ4n) is 3.78. The molecule has 2 N–H and O–H groups in total. The lowest BCUT2D eigenvalue weighted by Gasteiger charge is -2.48. The molecule has 1 aliphatic carbocycles. The van der Waals surface area contributed by atoms with Crippen LogP contribution in [0.5, 0.6) is 0 Å². The van der Waals surface area contributed by atoms with Gasteiger partial charge in [0.05, 0.1) is 16.9 Å². The van der Waals surface area contributed by atoms with Crippen molar-refractivity contribution in [3.05, 3.63) is 29.6 Å². The molecule has 0 amide bonds. The summed E-state index contributed by atoms with van der Waals surface area (Å²) in [6.07, 6.45) is 4.40. The van der Waals surface area contributed by atoms with Gasteiger partial charge in [0.15, 0.2) is 0 Å². The van der Waals surface area contributed by atoms with Crippen LogP contribution < -0.4 is 4.90 Å².